The van der Waals surface area contributed by atoms with Gasteiger partial charge in [-0.05, 0) is 5.41 Å². The molecule has 0 aliphatic rings. The fourth-order valence-electron chi connectivity index (χ4n) is 1.44. The topological polar surface area (TPSA) is 79.1 Å². The van der Waals surface area contributed by atoms with Gasteiger partial charge in [-0.25, -0.2) is 0 Å². The van der Waals surface area contributed by atoms with Crippen molar-refractivity contribution >= 4 is 5.88 Å². The van der Waals surface area contributed by atoms with Gasteiger partial charge in [0, 0.05) is 13.6 Å². The number of aromatic nitrogens is 1. The molecule has 1 rings (SSSR count). The second-order valence-electron chi connectivity index (χ2n) is 5.33. The summed E-state index contributed by atoms with van der Waals surface area (Å²) in [4.78, 5) is 5.94. The van der Waals surface area contributed by atoms with Crippen LogP contribution in [-0.2, 0) is 0 Å². The minimum Gasteiger partial charge on any atom is -0.422 e. The van der Waals surface area contributed by atoms with Crippen LogP contribution in [0.1, 0.15) is 38.4 Å². The maximum Gasteiger partial charge on any atom is 0.234 e. The molecule has 0 aromatic carbocycles. The van der Waals surface area contributed by atoms with Crippen LogP contribution in [0.25, 0.3) is 0 Å². The standard InChI is InChI=1S/C13H20N4O/c1-6-7-17(5)12-9(8-14)16-11(18-12)10(15)13(2,3)4/h6,10H,1,7,15H2,2-5H3/t10-/m1/s1. The molecule has 0 fully saturated rings. The average Bonchev–Trinajstić information content (AvgIpc) is 2.70. The smallest absolute Gasteiger partial charge is 0.234 e. The second kappa shape index (κ2) is 5.23. The molecule has 0 radical (unpaired) electrons. The Kier molecular flexibility index (Phi) is 4.15. The van der Waals surface area contributed by atoms with Gasteiger partial charge in [-0.1, -0.05) is 26.8 Å². The monoisotopic (exact) mass is 248 g/mol. The molecule has 0 bridgehead atoms. The molecule has 1 aromatic rings. The summed E-state index contributed by atoms with van der Waals surface area (Å²) < 4.78 is 5.63. The Labute approximate surface area is 108 Å². The van der Waals surface area contributed by atoms with Crippen molar-refractivity contribution in [3.8, 4) is 6.07 Å². The molecule has 0 spiro atoms. The molecule has 1 atom stereocenters. The maximum atomic E-state index is 9.07. The number of anilines is 1. The highest BCUT2D eigenvalue weighted by atomic mass is 16.4. The maximum absolute atomic E-state index is 9.07. The summed E-state index contributed by atoms with van der Waals surface area (Å²) in [6, 6.07) is 1.67. The fraction of sp³-hybridized carbons (Fsp3) is 0.538. The predicted octanol–water partition coefficient (Wildman–Crippen LogP) is 2.21. The minimum absolute atomic E-state index is 0.175. The molecular formula is C13H20N4O. The van der Waals surface area contributed by atoms with Crippen molar-refractivity contribution in [1.82, 2.24) is 4.98 Å². The molecular weight excluding hydrogens is 228 g/mol. The van der Waals surface area contributed by atoms with Gasteiger partial charge in [0.1, 0.15) is 6.07 Å². The first-order valence-electron chi connectivity index (χ1n) is 5.79. The number of hydrogen-bond donors (Lipinski definition) is 1. The van der Waals surface area contributed by atoms with E-state index >= 15 is 0 Å². The minimum atomic E-state index is -0.351. The van der Waals surface area contributed by atoms with Gasteiger partial charge in [0.15, 0.2) is 0 Å². The number of nitrogens with two attached hydrogens (primary N) is 1. The van der Waals surface area contributed by atoms with Crippen molar-refractivity contribution in [3.63, 3.8) is 0 Å². The summed E-state index contributed by atoms with van der Waals surface area (Å²) in [6.45, 7) is 10.2. The van der Waals surface area contributed by atoms with E-state index in [4.69, 9.17) is 15.4 Å². The lowest BCUT2D eigenvalue weighted by molar-refractivity contribution is 0.278. The molecule has 0 aliphatic heterocycles. The van der Waals surface area contributed by atoms with Crippen LogP contribution in [0.4, 0.5) is 5.88 Å². The third-order valence-corrected chi connectivity index (χ3v) is 2.68. The van der Waals surface area contributed by atoms with E-state index in [2.05, 4.69) is 11.6 Å². The molecule has 0 amide bonds. The molecule has 1 aromatic heterocycles. The summed E-state index contributed by atoms with van der Waals surface area (Å²) in [7, 11) is 1.81. The van der Waals surface area contributed by atoms with Gasteiger partial charge in [-0.15, -0.1) is 6.58 Å². The zero-order valence-corrected chi connectivity index (χ0v) is 11.4. The van der Waals surface area contributed by atoms with E-state index < -0.39 is 0 Å². The van der Waals surface area contributed by atoms with Crippen LogP contribution in [0.2, 0.25) is 0 Å². The summed E-state index contributed by atoms with van der Waals surface area (Å²) in [5, 5.41) is 9.07. The Balaban J connectivity index is 3.13. The largest absolute Gasteiger partial charge is 0.422 e. The molecule has 5 nitrogen and oxygen atoms in total. The van der Waals surface area contributed by atoms with E-state index in [1.807, 2.05) is 33.9 Å². The SMILES string of the molecule is C=CCN(C)c1oc([C@@H](N)C(C)(C)C)nc1C#N. The number of hydrogen-bond acceptors (Lipinski definition) is 5. The summed E-state index contributed by atoms with van der Waals surface area (Å²) in [5.74, 6) is 0.831. The van der Waals surface area contributed by atoms with Gasteiger partial charge < -0.3 is 15.1 Å². The highest BCUT2D eigenvalue weighted by Gasteiger charge is 2.29. The van der Waals surface area contributed by atoms with Gasteiger partial charge in [0.05, 0.1) is 6.04 Å². The molecule has 0 saturated carbocycles. The number of oxazole rings is 1. The Morgan fingerprint density at radius 2 is 2.22 bits per heavy atom. The van der Waals surface area contributed by atoms with Crippen LogP contribution < -0.4 is 10.6 Å². The van der Waals surface area contributed by atoms with Crippen LogP contribution in [-0.4, -0.2) is 18.6 Å². The first kappa shape index (κ1) is 14.3. The highest BCUT2D eigenvalue weighted by Crippen LogP contribution is 2.32. The van der Waals surface area contributed by atoms with E-state index in [-0.39, 0.29) is 17.2 Å². The van der Waals surface area contributed by atoms with E-state index in [1.165, 1.54) is 0 Å². The Bertz CT molecular complexity index is 464. The third kappa shape index (κ3) is 2.90. The highest BCUT2D eigenvalue weighted by molar-refractivity contribution is 5.48. The summed E-state index contributed by atoms with van der Waals surface area (Å²) in [6.07, 6.45) is 1.73. The number of likely N-dealkylation sites (N-methyl/N-ethyl adjacent to an activating group) is 1. The molecule has 2 N–H and O–H groups in total. The zero-order valence-electron chi connectivity index (χ0n) is 11.4. The summed E-state index contributed by atoms with van der Waals surface area (Å²) in [5.41, 5.74) is 6.16. The van der Waals surface area contributed by atoms with E-state index in [0.717, 1.165) is 0 Å². The lowest BCUT2D eigenvalue weighted by Gasteiger charge is -2.24. The lowest BCUT2D eigenvalue weighted by atomic mass is 9.87. The van der Waals surface area contributed by atoms with E-state index in [9.17, 15) is 0 Å². The molecule has 1 heterocycles. The predicted molar refractivity (Wildman–Crippen MR) is 71.1 cm³/mol. The first-order chi connectivity index (χ1) is 8.31. The number of nitriles is 1. The molecule has 0 aliphatic carbocycles. The van der Waals surface area contributed by atoms with Crippen LogP contribution >= 0.6 is 0 Å². The summed E-state index contributed by atoms with van der Waals surface area (Å²) >= 11 is 0. The van der Waals surface area contributed by atoms with Gasteiger partial charge in [0.2, 0.25) is 17.5 Å². The molecule has 0 saturated heterocycles. The van der Waals surface area contributed by atoms with Crippen LogP contribution in [0.3, 0.4) is 0 Å². The number of nitrogens with zero attached hydrogens (tertiary/aromatic N) is 3. The Hall–Kier alpha value is -1.80. The van der Waals surface area contributed by atoms with Crippen molar-refractivity contribution in [2.24, 2.45) is 11.1 Å². The van der Waals surface area contributed by atoms with Crippen molar-refractivity contribution in [3.05, 3.63) is 24.2 Å². The van der Waals surface area contributed by atoms with Gasteiger partial charge in [-0.3, -0.25) is 0 Å². The van der Waals surface area contributed by atoms with Gasteiger partial charge in [0.25, 0.3) is 0 Å². The zero-order chi connectivity index (χ0) is 13.9. The first-order valence-corrected chi connectivity index (χ1v) is 5.79. The van der Waals surface area contributed by atoms with Crippen molar-refractivity contribution in [1.29, 1.82) is 5.26 Å². The van der Waals surface area contributed by atoms with Crippen LogP contribution in [0, 0.1) is 16.7 Å². The average molecular weight is 248 g/mol. The van der Waals surface area contributed by atoms with Crippen molar-refractivity contribution in [2.75, 3.05) is 18.5 Å². The van der Waals surface area contributed by atoms with Crippen LogP contribution in [0.15, 0.2) is 17.1 Å². The van der Waals surface area contributed by atoms with Gasteiger partial charge in [-0.2, -0.15) is 10.2 Å². The van der Waals surface area contributed by atoms with Gasteiger partial charge >= 0.3 is 0 Å². The molecule has 98 valence electrons. The fourth-order valence-corrected chi connectivity index (χ4v) is 1.44. The quantitative estimate of drug-likeness (QED) is 0.826. The van der Waals surface area contributed by atoms with E-state index in [0.29, 0.717) is 18.3 Å². The van der Waals surface area contributed by atoms with Crippen LogP contribution in [0.5, 0.6) is 0 Å². The third-order valence-electron chi connectivity index (χ3n) is 2.68. The molecule has 0 unspecified atom stereocenters. The lowest BCUT2D eigenvalue weighted by Crippen LogP contribution is -2.26. The second-order valence-corrected chi connectivity index (χ2v) is 5.33. The normalized spacial score (nSPS) is 12.9. The molecule has 18 heavy (non-hydrogen) atoms. The van der Waals surface area contributed by atoms with Crippen molar-refractivity contribution in [2.45, 2.75) is 26.8 Å². The Morgan fingerprint density at radius 1 is 1.61 bits per heavy atom. The van der Waals surface area contributed by atoms with Crippen molar-refractivity contribution < 1.29 is 4.42 Å². The Morgan fingerprint density at radius 3 is 2.67 bits per heavy atom. The molecule has 5 heteroatoms. The van der Waals surface area contributed by atoms with E-state index in [1.54, 1.807) is 11.0 Å². The number of rotatable bonds is 4.